The summed E-state index contributed by atoms with van der Waals surface area (Å²) in [5, 5.41) is 20.1. The van der Waals surface area contributed by atoms with Crippen LogP contribution in [-0.4, -0.2) is 27.8 Å². The molecule has 1 unspecified atom stereocenters. The van der Waals surface area contributed by atoms with Gasteiger partial charge in [-0.1, -0.05) is 30.3 Å². The van der Waals surface area contributed by atoms with Crippen molar-refractivity contribution < 1.29 is 14.3 Å². The first-order valence-corrected chi connectivity index (χ1v) is 6.80. The highest BCUT2D eigenvalue weighted by Crippen LogP contribution is 2.16. The number of aromatic amines is 1. The van der Waals surface area contributed by atoms with Crippen molar-refractivity contribution in [1.82, 2.24) is 15.5 Å². The van der Waals surface area contributed by atoms with Crippen molar-refractivity contribution in [2.24, 2.45) is 0 Å². The molecule has 22 heavy (non-hydrogen) atoms. The Hall–Kier alpha value is -2.73. The molecule has 0 radical (unpaired) electrons. The molecule has 0 bridgehead atoms. The molecule has 0 spiro atoms. The first kappa shape index (κ1) is 14.2. The number of benzene rings is 2. The minimum Gasteiger partial charge on any atom is -0.387 e. The maximum atomic E-state index is 13.1. The number of hydrogen-bond donors (Lipinski definition) is 3. The van der Waals surface area contributed by atoms with Gasteiger partial charge in [-0.25, -0.2) is 4.39 Å². The minimum atomic E-state index is -0.982. The summed E-state index contributed by atoms with van der Waals surface area (Å²) in [7, 11) is 0. The fourth-order valence-corrected chi connectivity index (χ4v) is 2.24. The number of nitrogens with zero attached hydrogens (tertiary/aromatic N) is 1. The predicted octanol–water partition coefficient (Wildman–Crippen LogP) is 2.17. The second kappa shape index (κ2) is 5.95. The summed E-state index contributed by atoms with van der Waals surface area (Å²) in [6, 6.07) is 12.9. The van der Waals surface area contributed by atoms with E-state index in [0.717, 1.165) is 5.52 Å². The lowest BCUT2D eigenvalue weighted by Crippen LogP contribution is -2.28. The third-order valence-corrected chi connectivity index (χ3v) is 3.37. The first-order valence-electron chi connectivity index (χ1n) is 6.80. The van der Waals surface area contributed by atoms with Gasteiger partial charge in [-0.2, -0.15) is 5.10 Å². The topological polar surface area (TPSA) is 78.0 Å². The molecule has 1 heterocycles. The SMILES string of the molecule is O=C(NCC(O)c1cccc(F)c1)c1n[nH]c2ccccc12. The lowest BCUT2D eigenvalue weighted by Gasteiger charge is -2.11. The summed E-state index contributed by atoms with van der Waals surface area (Å²) in [6.07, 6.45) is -0.982. The van der Waals surface area contributed by atoms with Gasteiger partial charge in [-0.05, 0) is 23.8 Å². The monoisotopic (exact) mass is 299 g/mol. The normalized spacial score (nSPS) is 12.3. The van der Waals surface area contributed by atoms with Crippen molar-refractivity contribution in [2.45, 2.75) is 6.10 Å². The molecule has 0 saturated heterocycles. The third-order valence-electron chi connectivity index (χ3n) is 3.37. The van der Waals surface area contributed by atoms with Crippen LogP contribution < -0.4 is 5.32 Å². The largest absolute Gasteiger partial charge is 0.387 e. The molecule has 5 nitrogen and oxygen atoms in total. The second-order valence-electron chi connectivity index (χ2n) is 4.90. The van der Waals surface area contributed by atoms with Crippen molar-refractivity contribution in [2.75, 3.05) is 6.54 Å². The van der Waals surface area contributed by atoms with Crippen LogP contribution >= 0.6 is 0 Å². The van der Waals surface area contributed by atoms with E-state index in [1.54, 1.807) is 12.1 Å². The number of hydrogen-bond acceptors (Lipinski definition) is 3. The van der Waals surface area contributed by atoms with Crippen molar-refractivity contribution in [3.05, 3.63) is 65.6 Å². The zero-order valence-corrected chi connectivity index (χ0v) is 11.6. The quantitative estimate of drug-likeness (QED) is 0.691. The number of H-pyrrole nitrogens is 1. The molecule has 6 heteroatoms. The molecule has 0 aliphatic rings. The van der Waals surface area contributed by atoms with Crippen molar-refractivity contribution in [1.29, 1.82) is 0 Å². The van der Waals surface area contributed by atoms with E-state index < -0.39 is 17.8 Å². The summed E-state index contributed by atoms with van der Waals surface area (Å²) < 4.78 is 13.1. The molecule has 1 aromatic heterocycles. The van der Waals surface area contributed by atoms with E-state index in [0.29, 0.717) is 10.9 Å². The number of aliphatic hydroxyl groups excluding tert-OH is 1. The van der Waals surface area contributed by atoms with Gasteiger partial charge in [-0.15, -0.1) is 0 Å². The van der Waals surface area contributed by atoms with Gasteiger partial charge in [0.1, 0.15) is 5.82 Å². The van der Waals surface area contributed by atoms with Gasteiger partial charge in [-0.3, -0.25) is 9.89 Å². The van der Waals surface area contributed by atoms with E-state index >= 15 is 0 Å². The van der Waals surface area contributed by atoms with Crippen LogP contribution in [0.4, 0.5) is 4.39 Å². The number of rotatable bonds is 4. The number of fused-ring (bicyclic) bond motifs is 1. The van der Waals surface area contributed by atoms with Crippen LogP contribution in [-0.2, 0) is 0 Å². The van der Waals surface area contributed by atoms with Crippen LogP contribution in [0.3, 0.4) is 0 Å². The number of carbonyl (C=O) groups excluding carboxylic acids is 1. The fraction of sp³-hybridized carbons (Fsp3) is 0.125. The van der Waals surface area contributed by atoms with Gasteiger partial charge < -0.3 is 10.4 Å². The average molecular weight is 299 g/mol. The maximum absolute atomic E-state index is 13.1. The summed E-state index contributed by atoms with van der Waals surface area (Å²) in [5.41, 5.74) is 1.44. The number of aliphatic hydroxyl groups is 1. The Bertz CT molecular complexity index is 816. The summed E-state index contributed by atoms with van der Waals surface area (Å²) >= 11 is 0. The smallest absolute Gasteiger partial charge is 0.272 e. The first-order chi connectivity index (χ1) is 10.6. The summed E-state index contributed by atoms with van der Waals surface area (Å²) in [5.74, 6) is -0.825. The molecule has 3 aromatic rings. The van der Waals surface area contributed by atoms with Gasteiger partial charge in [0.2, 0.25) is 0 Å². The van der Waals surface area contributed by atoms with E-state index in [1.807, 2.05) is 18.2 Å². The third kappa shape index (κ3) is 2.82. The van der Waals surface area contributed by atoms with Gasteiger partial charge in [0.05, 0.1) is 11.6 Å². The van der Waals surface area contributed by atoms with E-state index in [2.05, 4.69) is 15.5 Å². The Labute approximate surface area is 125 Å². The van der Waals surface area contributed by atoms with Gasteiger partial charge >= 0.3 is 0 Å². The highest BCUT2D eigenvalue weighted by atomic mass is 19.1. The lowest BCUT2D eigenvalue weighted by atomic mass is 10.1. The van der Waals surface area contributed by atoms with Crippen LogP contribution in [0, 0.1) is 5.82 Å². The van der Waals surface area contributed by atoms with Gasteiger partial charge in [0, 0.05) is 11.9 Å². The van der Waals surface area contributed by atoms with E-state index in [-0.39, 0.29) is 12.2 Å². The molecule has 2 aromatic carbocycles. The molecular formula is C16H14FN3O2. The highest BCUT2D eigenvalue weighted by Gasteiger charge is 2.15. The molecule has 112 valence electrons. The number of nitrogens with one attached hydrogen (secondary N) is 2. The Balaban J connectivity index is 1.70. The van der Waals surface area contributed by atoms with E-state index in [1.165, 1.54) is 18.2 Å². The van der Waals surface area contributed by atoms with Crippen molar-refractivity contribution in [3.63, 3.8) is 0 Å². The standard InChI is InChI=1S/C16H14FN3O2/c17-11-5-3-4-10(8-11)14(21)9-18-16(22)15-12-6-1-2-7-13(12)19-20-15/h1-8,14,21H,9H2,(H,18,22)(H,19,20). The second-order valence-corrected chi connectivity index (χ2v) is 4.90. The van der Waals surface area contributed by atoms with Crippen LogP contribution in [0.2, 0.25) is 0 Å². The molecule has 0 fully saturated rings. The predicted molar refractivity (Wildman–Crippen MR) is 79.8 cm³/mol. The molecule has 3 N–H and O–H groups in total. The molecule has 3 rings (SSSR count). The van der Waals surface area contributed by atoms with Crippen molar-refractivity contribution >= 4 is 16.8 Å². The Morgan fingerprint density at radius 3 is 2.91 bits per heavy atom. The number of amides is 1. The van der Waals surface area contributed by atoms with Gasteiger partial charge in [0.25, 0.3) is 5.91 Å². The number of aromatic nitrogens is 2. The van der Waals surface area contributed by atoms with E-state index in [9.17, 15) is 14.3 Å². The lowest BCUT2D eigenvalue weighted by molar-refractivity contribution is 0.0913. The molecule has 1 atom stereocenters. The highest BCUT2D eigenvalue weighted by molar-refractivity contribution is 6.04. The van der Waals surface area contributed by atoms with E-state index in [4.69, 9.17) is 0 Å². The van der Waals surface area contributed by atoms with Crippen molar-refractivity contribution in [3.8, 4) is 0 Å². The summed E-state index contributed by atoms with van der Waals surface area (Å²) in [6.45, 7) is -0.0243. The Kier molecular flexibility index (Phi) is 3.84. The van der Waals surface area contributed by atoms with Gasteiger partial charge in [0.15, 0.2) is 5.69 Å². The summed E-state index contributed by atoms with van der Waals surface area (Å²) in [4.78, 5) is 12.1. The zero-order valence-electron chi connectivity index (χ0n) is 11.6. The van der Waals surface area contributed by atoms with Crippen LogP contribution in [0.25, 0.3) is 10.9 Å². The fourth-order valence-electron chi connectivity index (χ4n) is 2.24. The molecule has 0 saturated carbocycles. The van der Waals surface area contributed by atoms with Crippen LogP contribution in [0.5, 0.6) is 0 Å². The Morgan fingerprint density at radius 2 is 2.09 bits per heavy atom. The minimum absolute atomic E-state index is 0.0243. The zero-order chi connectivity index (χ0) is 15.5. The van der Waals surface area contributed by atoms with Crippen LogP contribution in [0.1, 0.15) is 22.2 Å². The Morgan fingerprint density at radius 1 is 1.27 bits per heavy atom. The molecular weight excluding hydrogens is 285 g/mol. The number of carbonyl (C=O) groups is 1. The maximum Gasteiger partial charge on any atom is 0.272 e. The molecule has 0 aliphatic carbocycles. The molecule has 0 aliphatic heterocycles. The number of halogens is 1. The number of para-hydroxylation sites is 1. The average Bonchev–Trinajstić information content (AvgIpc) is 2.96. The molecule has 1 amide bonds. The van der Waals surface area contributed by atoms with Crippen LogP contribution in [0.15, 0.2) is 48.5 Å².